The molecule has 0 amide bonds. The number of methoxy groups -OCH3 is 1. The SMILES string of the molecule is COc1ccc(Cl)c(C)c1C(=O)OC1CC(OC2C(O)CC(O[C@H]3CCC[C@@H]4[C@@H]3C=C[C@H]3CCCC/C=C/[C@@H]5C=C(C(=O)O)[C@H](C)C[C@]56OC(=O)C(=C6O)OC(=O)[C@@]43C)OC2C)OC(C)C1O. The number of ether oxygens (including phenoxy) is 8. The summed E-state index contributed by atoms with van der Waals surface area (Å²) >= 11 is 6.30. The second kappa shape index (κ2) is 19.6. The number of aliphatic carboxylic acids is 1. The average molecular weight is 955 g/mol. The van der Waals surface area contributed by atoms with Gasteiger partial charge in [0.25, 0.3) is 5.76 Å². The Bertz CT molecular complexity index is 2210. The molecule has 2 bridgehead atoms. The van der Waals surface area contributed by atoms with E-state index in [-0.39, 0.29) is 53.9 Å². The number of allylic oxidation sites excluding steroid dienone is 2. The van der Waals surface area contributed by atoms with Gasteiger partial charge >= 0.3 is 23.9 Å². The zero-order valence-electron chi connectivity index (χ0n) is 38.8. The van der Waals surface area contributed by atoms with E-state index in [1.807, 2.05) is 19.1 Å². The van der Waals surface area contributed by atoms with Crippen molar-refractivity contribution in [3.05, 3.63) is 75.8 Å². The third kappa shape index (κ3) is 9.19. The van der Waals surface area contributed by atoms with E-state index < -0.39 is 114 Å². The summed E-state index contributed by atoms with van der Waals surface area (Å²) in [6.45, 7) is 8.63. The van der Waals surface area contributed by atoms with E-state index in [0.29, 0.717) is 42.7 Å². The molecular weight excluding hydrogens is 892 g/mol. The maximum atomic E-state index is 14.8. The molecule has 0 aromatic heterocycles. The molecule has 366 valence electrons. The van der Waals surface area contributed by atoms with E-state index >= 15 is 0 Å². The summed E-state index contributed by atoms with van der Waals surface area (Å²) in [6, 6.07) is 3.18. The summed E-state index contributed by atoms with van der Waals surface area (Å²) < 4.78 is 48.4. The summed E-state index contributed by atoms with van der Waals surface area (Å²) in [5, 5.41) is 44.6. The van der Waals surface area contributed by atoms with Crippen LogP contribution in [0.25, 0.3) is 0 Å². The Balaban J connectivity index is 0.952. The number of aliphatic hydroxyl groups is 3. The lowest BCUT2D eigenvalue weighted by Crippen LogP contribution is -2.56. The van der Waals surface area contributed by atoms with Crippen LogP contribution in [0.4, 0.5) is 0 Å². The molecule has 8 rings (SSSR count). The Morgan fingerprint density at radius 3 is 2.39 bits per heavy atom. The third-order valence-electron chi connectivity index (χ3n) is 15.5. The molecule has 4 heterocycles. The predicted octanol–water partition coefficient (Wildman–Crippen LogP) is 6.96. The van der Waals surface area contributed by atoms with Crippen molar-refractivity contribution in [1.29, 1.82) is 0 Å². The number of aliphatic hydroxyl groups excluding tert-OH is 3. The molecule has 67 heavy (non-hydrogen) atoms. The lowest BCUT2D eigenvalue weighted by Gasteiger charge is -2.51. The van der Waals surface area contributed by atoms with Crippen LogP contribution in [0, 0.1) is 41.9 Å². The molecule has 4 N–H and O–H groups in total. The first-order valence-electron chi connectivity index (χ1n) is 23.6. The summed E-state index contributed by atoms with van der Waals surface area (Å²) in [5.41, 5.74) is -2.00. The van der Waals surface area contributed by atoms with Crippen LogP contribution in [0.5, 0.6) is 5.75 Å². The smallest absolute Gasteiger partial charge is 0.379 e. The number of esters is 3. The molecule has 1 aromatic carbocycles. The number of carbonyl (C=O) groups excluding carboxylic acids is 3. The van der Waals surface area contributed by atoms with Crippen LogP contribution >= 0.6 is 11.6 Å². The van der Waals surface area contributed by atoms with Gasteiger partial charge in [-0.25, -0.2) is 14.4 Å². The molecule has 0 radical (unpaired) electrons. The van der Waals surface area contributed by atoms with Gasteiger partial charge in [-0.15, -0.1) is 0 Å². The highest BCUT2D eigenvalue weighted by atomic mass is 35.5. The molecule has 17 heteroatoms. The van der Waals surface area contributed by atoms with Crippen LogP contribution in [0.3, 0.4) is 0 Å². The highest BCUT2D eigenvalue weighted by Gasteiger charge is 2.60. The predicted molar refractivity (Wildman–Crippen MR) is 238 cm³/mol. The van der Waals surface area contributed by atoms with E-state index in [0.717, 1.165) is 12.8 Å². The van der Waals surface area contributed by atoms with Crippen molar-refractivity contribution in [3.63, 3.8) is 0 Å². The molecule has 1 aromatic rings. The fourth-order valence-electron chi connectivity index (χ4n) is 11.7. The number of benzene rings is 1. The average Bonchev–Trinajstić information content (AvgIpc) is 3.50. The largest absolute Gasteiger partial charge is 0.505 e. The number of hydrogen-bond acceptors (Lipinski definition) is 15. The van der Waals surface area contributed by atoms with Gasteiger partial charge in [0.2, 0.25) is 0 Å². The first-order chi connectivity index (χ1) is 31.9. The van der Waals surface area contributed by atoms with E-state index in [4.69, 9.17) is 49.5 Å². The first kappa shape index (κ1) is 49.1. The molecule has 16 nitrogen and oxygen atoms in total. The lowest BCUT2D eigenvalue weighted by molar-refractivity contribution is -0.318. The van der Waals surface area contributed by atoms with Crippen molar-refractivity contribution in [2.75, 3.05) is 7.11 Å². The van der Waals surface area contributed by atoms with Gasteiger partial charge in [-0.3, -0.25) is 4.79 Å². The Labute approximate surface area is 395 Å². The van der Waals surface area contributed by atoms with Crippen molar-refractivity contribution < 1.29 is 77.5 Å². The minimum Gasteiger partial charge on any atom is -0.505 e. The highest BCUT2D eigenvalue weighted by Crippen LogP contribution is 2.55. The van der Waals surface area contributed by atoms with Crippen molar-refractivity contribution in [2.45, 2.75) is 160 Å². The zero-order chi connectivity index (χ0) is 48.1. The van der Waals surface area contributed by atoms with Crippen LogP contribution in [0.15, 0.2) is 59.6 Å². The number of rotatable bonds is 8. The minimum absolute atomic E-state index is 0.00846. The fourth-order valence-corrected chi connectivity index (χ4v) is 11.8. The van der Waals surface area contributed by atoms with E-state index in [2.05, 4.69) is 6.08 Å². The van der Waals surface area contributed by atoms with Crippen LogP contribution in [-0.2, 0) is 47.5 Å². The molecule has 3 aliphatic carbocycles. The number of hydrogen-bond donors (Lipinski definition) is 4. The van der Waals surface area contributed by atoms with Crippen molar-refractivity contribution >= 4 is 35.5 Å². The second-order valence-electron chi connectivity index (χ2n) is 19.5. The fraction of sp³-hybridized carbons (Fsp3) is 0.640. The number of halogens is 1. The van der Waals surface area contributed by atoms with Gasteiger partial charge in [0.1, 0.15) is 29.6 Å². The van der Waals surface area contributed by atoms with E-state index in [1.165, 1.54) is 13.2 Å². The van der Waals surface area contributed by atoms with Crippen molar-refractivity contribution in [1.82, 2.24) is 0 Å². The number of fused-ring (bicyclic) bond motifs is 3. The molecule has 8 unspecified atom stereocenters. The summed E-state index contributed by atoms with van der Waals surface area (Å²) in [6.07, 6.45) is 6.54. The van der Waals surface area contributed by atoms with Crippen LogP contribution in [0.2, 0.25) is 5.02 Å². The van der Waals surface area contributed by atoms with Gasteiger partial charge in [0.05, 0.1) is 36.9 Å². The first-order valence-corrected chi connectivity index (χ1v) is 24.0. The Hall–Kier alpha value is -4.29. The topological polar surface area (TPSA) is 223 Å². The number of carbonyl (C=O) groups is 4. The molecular formula is C50H63ClO16. The lowest BCUT2D eigenvalue weighted by atomic mass is 9.55. The molecule has 16 atom stereocenters. The highest BCUT2D eigenvalue weighted by molar-refractivity contribution is 6.32. The van der Waals surface area contributed by atoms with Crippen molar-refractivity contribution in [2.24, 2.45) is 35.0 Å². The van der Waals surface area contributed by atoms with Gasteiger partial charge in [-0.1, -0.05) is 61.7 Å². The molecule has 3 fully saturated rings. The van der Waals surface area contributed by atoms with Gasteiger partial charge in [0.15, 0.2) is 23.9 Å². The quantitative estimate of drug-likeness (QED) is 0.117. The van der Waals surface area contributed by atoms with Gasteiger partial charge in [0, 0.05) is 41.7 Å². The van der Waals surface area contributed by atoms with Gasteiger partial charge in [-0.2, -0.15) is 0 Å². The van der Waals surface area contributed by atoms with Crippen LogP contribution in [0.1, 0.15) is 108 Å². The Morgan fingerprint density at radius 2 is 1.66 bits per heavy atom. The second-order valence-corrected chi connectivity index (χ2v) is 20.0. The third-order valence-corrected chi connectivity index (χ3v) is 15.9. The van der Waals surface area contributed by atoms with Crippen LogP contribution in [-0.4, -0.2) is 112 Å². The van der Waals surface area contributed by atoms with Gasteiger partial charge in [-0.05, 0) is 95.2 Å². The summed E-state index contributed by atoms with van der Waals surface area (Å²) in [7, 11) is 1.43. The normalized spacial score (nSPS) is 40.5. The number of carboxylic acid groups (broad SMARTS) is 1. The maximum Gasteiger partial charge on any atom is 0.379 e. The zero-order valence-corrected chi connectivity index (χ0v) is 39.5. The Kier molecular flexibility index (Phi) is 14.4. The molecule has 1 saturated carbocycles. The molecule has 7 aliphatic rings. The molecule has 1 spiro atoms. The number of carboxylic acids is 1. The molecule has 4 aliphatic heterocycles. The standard InChI is InChI=1S/C50H63ClO16/c1-24-23-50-29(20-31(24)45(55)56)13-10-8-7-9-12-28-16-17-30-32(49(28,5)48(59)66-43(44(50)54)47(58)67-50)14-11-15-35(30)63-38-21-34(52)42(27(4)62-38)65-39-22-37(41(53)26(3)61-39)64-46(57)40-25(2)33(51)18-19-36(40)60-6/h10,13,16-20,24,26-30,32,34-35,37-39,41-42,52-54H,7-9,11-12,14-15,21-23H2,1-6H3,(H,55,56)/b13-10+/t24-,26?,27?,28-,29-,30+,32-,34?,35+,37?,38?,39?,41?,42?,49-,50+/m1/s1. The van der Waals surface area contributed by atoms with Gasteiger partial charge < -0.3 is 58.3 Å². The minimum atomic E-state index is -1.62. The van der Waals surface area contributed by atoms with E-state index in [9.17, 15) is 39.6 Å². The molecule has 2 saturated heterocycles. The van der Waals surface area contributed by atoms with Crippen molar-refractivity contribution in [3.8, 4) is 5.75 Å². The maximum absolute atomic E-state index is 14.8. The van der Waals surface area contributed by atoms with Crippen LogP contribution < -0.4 is 4.74 Å². The monoisotopic (exact) mass is 954 g/mol. The summed E-state index contributed by atoms with van der Waals surface area (Å²) in [5.74, 6) is -6.44. The Morgan fingerprint density at radius 1 is 0.910 bits per heavy atom. The summed E-state index contributed by atoms with van der Waals surface area (Å²) in [4.78, 5) is 53.9. The van der Waals surface area contributed by atoms with E-state index in [1.54, 1.807) is 45.9 Å².